The van der Waals surface area contributed by atoms with Crippen molar-refractivity contribution in [1.29, 1.82) is 0 Å². The first-order valence-electron chi connectivity index (χ1n) is 10.5. The second-order valence-electron chi connectivity index (χ2n) is 10.3. The van der Waals surface area contributed by atoms with E-state index in [0.29, 0.717) is 0 Å². The molecular weight excluding hydrogens is 541 g/mol. The SMILES string of the molecule is C[Si](C)(C)c1cc2c(s1)sc1sc(C(=O)c3cc4c(s3)sc3sc([Si](C)(C)C)cc34)cc12. The van der Waals surface area contributed by atoms with Gasteiger partial charge in [0.05, 0.1) is 42.0 Å². The fourth-order valence-electron chi connectivity index (χ4n) is 3.80. The van der Waals surface area contributed by atoms with E-state index in [1.165, 1.54) is 37.6 Å². The summed E-state index contributed by atoms with van der Waals surface area (Å²) in [4.78, 5) is 15.2. The highest BCUT2D eigenvalue weighted by atomic mass is 32.2. The van der Waals surface area contributed by atoms with Crippen molar-refractivity contribution in [2.45, 2.75) is 39.3 Å². The van der Waals surface area contributed by atoms with E-state index in [1.807, 2.05) is 45.3 Å². The van der Waals surface area contributed by atoms with Gasteiger partial charge < -0.3 is 0 Å². The van der Waals surface area contributed by atoms with Crippen LogP contribution in [0.3, 0.4) is 0 Å². The van der Waals surface area contributed by atoms with Crippen LogP contribution in [0.4, 0.5) is 0 Å². The molecule has 0 spiro atoms. The first kappa shape index (κ1) is 21.8. The lowest BCUT2D eigenvalue weighted by Crippen LogP contribution is -2.34. The first-order valence-corrected chi connectivity index (χ1v) is 22.4. The molecule has 32 heavy (non-hydrogen) atoms. The highest BCUT2D eigenvalue weighted by Crippen LogP contribution is 2.45. The molecule has 0 saturated carbocycles. The van der Waals surface area contributed by atoms with Crippen molar-refractivity contribution >= 4 is 137 Å². The largest absolute Gasteiger partial charge is 0.287 e. The summed E-state index contributed by atoms with van der Waals surface area (Å²) in [6.45, 7) is 14.4. The zero-order valence-corrected chi connectivity index (χ0v) is 25.6. The number of fused-ring (bicyclic) bond motifs is 6. The second-order valence-corrected chi connectivity index (χ2v) is 28.4. The molecule has 164 valence electrons. The number of ketones is 1. The summed E-state index contributed by atoms with van der Waals surface area (Å²) >= 11 is 11.0. The third-order valence-corrected chi connectivity index (χ3v) is 20.2. The van der Waals surface area contributed by atoms with Gasteiger partial charge >= 0.3 is 0 Å². The quantitative estimate of drug-likeness (QED) is 0.155. The topological polar surface area (TPSA) is 17.1 Å². The lowest BCUT2D eigenvalue weighted by molar-refractivity contribution is 0.104. The van der Waals surface area contributed by atoms with Gasteiger partial charge in [0.1, 0.15) is 0 Å². The van der Waals surface area contributed by atoms with Crippen molar-refractivity contribution in [3.05, 3.63) is 34.0 Å². The molecule has 0 aliphatic heterocycles. The van der Waals surface area contributed by atoms with Gasteiger partial charge in [-0.15, -0.1) is 68.0 Å². The lowest BCUT2D eigenvalue weighted by atomic mass is 10.2. The smallest absolute Gasteiger partial charge is 0.213 e. The molecule has 9 heteroatoms. The predicted molar refractivity (Wildman–Crippen MR) is 160 cm³/mol. The summed E-state index contributed by atoms with van der Waals surface area (Å²) < 4.78 is 8.51. The molecule has 0 unspecified atom stereocenters. The lowest BCUT2D eigenvalue weighted by Gasteiger charge is -2.11. The summed E-state index contributed by atoms with van der Waals surface area (Å²) in [6.07, 6.45) is 0. The molecule has 0 aliphatic carbocycles. The summed E-state index contributed by atoms with van der Waals surface area (Å²) in [5.74, 6) is 0.189. The summed E-state index contributed by atoms with van der Waals surface area (Å²) in [6, 6.07) is 9.10. The van der Waals surface area contributed by atoms with Crippen molar-refractivity contribution in [3.8, 4) is 0 Å². The van der Waals surface area contributed by atoms with Crippen LogP contribution in [0.25, 0.3) is 37.6 Å². The van der Waals surface area contributed by atoms with Crippen molar-refractivity contribution < 1.29 is 4.79 Å². The molecular formula is C23H22OS6Si2. The van der Waals surface area contributed by atoms with Crippen LogP contribution in [0.5, 0.6) is 0 Å². The molecule has 0 aromatic carbocycles. The number of carbonyl (C=O) groups is 1. The number of carbonyl (C=O) groups excluding carboxylic acids is 1. The van der Waals surface area contributed by atoms with E-state index in [9.17, 15) is 4.79 Å². The van der Waals surface area contributed by atoms with Crippen LogP contribution in [0, 0.1) is 0 Å². The third-order valence-electron chi connectivity index (χ3n) is 5.67. The molecule has 0 fully saturated rings. The minimum atomic E-state index is -1.31. The van der Waals surface area contributed by atoms with Crippen LogP contribution >= 0.6 is 68.0 Å². The second kappa shape index (κ2) is 7.18. The number of rotatable bonds is 4. The Morgan fingerprint density at radius 3 is 1.25 bits per heavy atom. The monoisotopic (exact) mass is 562 g/mol. The molecule has 0 aliphatic rings. The van der Waals surface area contributed by atoms with Crippen molar-refractivity contribution in [1.82, 2.24) is 0 Å². The summed E-state index contributed by atoms with van der Waals surface area (Å²) in [5, 5.41) is 5.26. The highest BCUT2D eigenvalue weighted by Gasteiger charge is 2.25. The van der Waals surface area contributed by atoms with Crippen LogP contribution in [-0.2, 0) is 0 Å². The average Bonchev–Trinajstić information content (AvgIpc) is 3.45. The Hall–Kier alpha value is -0.656. The van der Waals surface area contributed by atoms with Crippen molar-refractivity contribution in [2.75, 3.05) is 0 Å². The molecule has 1 nitrogen and oxygen atoms in total. The number of hydrogen-bond donors (Lipinski definition) is 0. The maximum absolute atomic E-state index is 13.4. The van der Waals surface area contributed by atoms with Gasteiger partial charge in [-0.2, -0.15) is 0 Å². The minimum absolute atomic E-state index is 0.189. The summed E-state index contributed by atoms with van der Waals surface area (Å²) in [7, 11) is -2.62. The maximum atomic E-state index is 13.4. The standard InChI is InChI=1S/C23H22OS6Si2/c1-31(2,3)17-9-13-11-7-15(25-20(11)29-22(13)27-17)19(24)16-8-12-14-10-18(32(4,5)6)28-23(14)30-21(12)26-16/h7-10H,1-6H3. The van der Waals surface area contributed by atoms with Crippen molar-refractivity contribution in [2.24, 2.45) is 0 Å². The Morgan fingerprint density at radius 2 is 0.875 bits per heavy atom. The van der Waals surface area contributed by atoms with Crippen molar-refractivity contribution in [3.63, 3.8) is 0 Å². The van der Waals surface area contributed by atoms with Gasteiger partial charge in [0.2, 0.25) is 5.78 Å². The first-order chi connectivity index (χ1) is 15.0. The Kier molecular flexibility index (Phi) is 4.90. The number of hydrogen-bond acceptors (Lipinski definition) is 7. The van der Waals surface area contributed by atoms with Crippen LogP contribution in [0.15, 0.2) is 24.3 Å². The van der Waals surface area contributed by atoms with Gasteiger partial charge in [0.15, 0.2) is 0 Å². The Morgan fingerprint density at radius 1 is 0.531 bits per heavy atom. The molecule has 6 rings (SSSR count). The van der Waals surface area contributed by atoms with Gasteiger partial charge in [-0.1, -0.05) is 39.3 Å². The molecule has 0 radical (unpaired) electrons. The van der Waals surface area contributed by atoms with Gasteiger partial charge in [0, 0.05) is 21.5 Å². The normalized spacial score (nSPS) is 13.4. The fourth-order valence-corrected chi connectivity index (χ4v) is 16.1. The molecule has 6 aromatic heterocycles. The van der Waals surface area contributed by atoms with E-state index in [0.717, 1.165) is 9.75 Å². The van der Waals surface area contributed by atoms with E-state index >= 15 is 0 Å². The molecule has 0 atom stereocenters. The Balaban J connectivity index is 1.40. The molecule has 6 aromatic rings. The Labute approximate surface area is 213 Å². The summed E-state index contributed by atoms with van der Waals surface area (Å²) in [5.41, 5.74) is 0. The van der Waals surface area contributed by atoms with Crippen LogP contribution in [0.2, 0.25) is 39.3 Å². The molecule has 0 N–H and O–H groups in total. The molecule has 0 saturated heterocycles. The minimum Gasteiger partial charge on any atom is -0.287 e. The van der Waals surface area contributed by atoms with Crippen LogP contribution < -0.4 is 9.00 Å². The van der Waals surface area contributed by atoms with Crippen LogP contribution in [-0.4, -0.2) is 21.9 Å². The van der Waals surface area contributed by atoms with Gasteiger partial charge in [-0.05, 0) is 33.3 Å². The van der Waals surface area contributed by atoms with Gasteiger partial charge in [-0.25, -0.2) is 0 Å². The maximum Gasteiger partial charge on any atom is 0.213 e. The van der Waals surface area contributed by atoms with Gasteiger partial charge in [-0.3, -0.25) is 4.79 Å². The van der Waals surface area contributed by atoms with Crippen LogP contribution in [0.1, 0.15) is 14.5 Å². The Bertz CT molecular complexity index is 1540. The molecule has 0 amide bonds. The molecule has 0 bridgehead atoms. The molecule has 6 heterocycles. The fraction of sp³-hybridized carbons (Fsp3) is 0.261. The zero-order valence-electron chi connectivity index (χ0n) is 18.7. The van der Waals surface area contributed by atoms with Gasteiger partial charge in [0.25, 0.3) is 0 Å². The zero-order chi connectivity index (χ0) is 22.6. The van der Waals surface area contributed by atoms with E-state index in [2.05, 4.69) is 63.5 Å². The number of thiophene rings is 6. The van der Waals surface area contributed by atoms with E-state index in [1.54, 1.807) is 31.7 Å². The predicted octanol–water partition coefficient (Wildman–Crippen LogP) is 8.99. The highest BCUT2D eigenvalue weighted by molar-refractivity contribution is 7.52. The third kappa shape index (κ3) is 3.39. The van der Waals surface area contributed by atoms with E-state index in [-0.39, 0.29) is 5.78 Å². The van der Waals surface area contributed by atoms with E-state index < -0.39 is 16.1 Å². The average molecular weight is 563 g/mol. The van der Waals surface area contributed by atoms with E-state index in [4.69, 9.17) is 0 Å².